The van der Waals surface area contributed by atoms with Crippen molar-refractivity contribution in [2.24, 2.45) is 0 Å². The van der Waals surface area contributed by atoms with E-state index >= 15 is 0 Å². The zero-order chi connectivity index (χ0) is 12.4. The van der Waals surface area contributed by atoms with Crippen LogP contribution in [0.4, 0.5) is 0 Å². The first-order valence-electron chi connectivity index (χ1n) is 4.99. The van der Waals surface area contributed by atoms with E-state index in [1.54, 1.807) is 11.3 Å². The van der Waals surface area contributed by atoms with Gasteiger partial charge in [0, 0.05) is 13.8 Å². The lowest BCUT2D eigenvalue weighted by atomic mass is 10.1. The van der Waals surface area contributed by atoms with Crippen molar-refractivity contribution < 1.29 is 0 Å². The summed E-state index contributed by atoms with van der Waals surface area (Å²) in [5.74, 6) is 0. The molecule has 90 valence electrons. The maximum absolute atomic E-state index is 3.61. The average Bonchev–Trinajstić information content (AvgIpc) is 2.71. The fourth-order valence-electron chi connectivity index (χ4n) is 1.67. The molecular weight excluding hydrogens is 430 g/mol. The highest BCUT2D eigenvalue weighted by molar-refractivity contribution is 9.11. The minimum absolute atomic E-state index is 0.207. The molecule has 1 atom stereocenters. The highest BCUT2D eigenvalue weighted by Gasteiger charge is 2.17. The number of benzene rings is 1. The van der Waals surface area contributed by atoms with Crippen molar-refractivity contribution in [1.82, 2.24) is 5.32 Å². The van der Waals surface area contributed by atoms with Crippen LogP contribution in [0.25, 0.3) is 0 Å². The Morgan fingerprint density at radius 1 is 1.12 bits per heavy atom. The Bertz CT molecular complexity index is 524. The molecule has 17 heavy (non-hydrogen) atoms. The van der Waals surface area contributed by atoms with E-state index in [4.69, 9.17) is 0 Å². The summed E-state index contributed by atoms with van der Waals surface area (Å²) in [6, 6.07) is 10.7. The zero-order valence-corrected chi connectivity index (χ0v) is 14.6. The Balaban J connectivity index is 2.45. The van der Waals surface area contributed by atoms with E-state index < -0.39 is 0 Å². The standard InChI is InChI=1S/C12H10Br3NS/c1-16-12(10-4-5-11(15)17-10)8-6-7(13)2-3-9(8)14/h2-6,12,16H,1H3. The van der Waals surface area contributed by atoms with Gasteiger partial charge < -0.3 is 5.32 Å². The van der Waals surface area contributed by atoms with Crippen LogP contribution in [0.1, 0.15) is 16.5 Å². The van der Waals surface area contributed by atoms with E-state index in [-0.39, 0.29) is 6.04 Å². The monoisotopic (exact) mass is 437 g/mol. The van der Waals surface area contributed by atoms with Crippen molar-refractivity contribution in [3.05, 3.63) is 53.5 Å². The predicted octanol–water partition coefficient (Wildman–Crippen LogP) is 5.34. The highest BCUT2D eigenvalue weighted by atomic mass is 79.9. The summed E-state index contributed by atoms with van der Waals surface area (Å²) in [5, 5.41) is 3.35. The van der Waals surface area contributed by atoms with Crippen molar-refractivity contribution in [3.8, 4) is 0 Å². The topological polar surface area (TPSA) is 12.0 Å². The average molecular weight is 440 g/mol. The van der Waals surface area contributed by atoms with Gasteiger partial charge in [-0.3, -0.25) is 0 Å². The molecule has 1 aromatic heterocycles. The molecule has 1 heterocycles. The fourth-order valence-corrected chi connectivity index (χ4v) is 4.08. The van der Waals surface area contributed by atoms with Crippen LogP contribution in [0.15, 0.2) is 43.1 Å². The normalized spacial score (nSPS) is 12.7. The Hall–Kier alpha value is 0.320. The number of rotatable bonds is 3. The van der Waals surface area contributed by atoms with Crippen LogP contribution in [-0.2, 0) is 0 Å². The summed E-state index contributed by atoms with van der Waals surface area (Å²) in [6.07, 6.45) is 0. The molecular formula is C12H10Br3NS. The van der Waals surface area contributed by atoms with E-state index in [9.17, 15) is 0 Å². The molecule has 0 bridgehead atoms. The predicted molar refractivity (Wildman–Crippen MR) is 84.8 cm³/mol. The third-order valence-electron chi connectivity index (χ3n) is 2.44. The van der Waals surface area contributed by atoms with E-state index in [2.05, 4.69) is 77.4 Å². The van der Waals surface area contributed by atoms with Gasteiger partial charge in [0.1, 0.15) is 0 Å². The van der Waals surface area contributed by atoms with Gasteiger partial charge in [0.05, 0.1) is 9.83 Å². The Morgan fingerprint density at radius 3 is 2.47 bits per heavy atom. The molecule has 0 aliphatic rings. The van der Waals surface area contributed by atoms with Crippen molar-refractivity contribution in [2.45, 2.75) is 6.04 Å². The van der Waals surface area contributed by atoms with Gasteiger partial charge >= 0.3 is 0 Å². The van der Waals surface area contributed by atoms with Gasteiger partial charge in [-0.2, -0.15) is 0 Å². The van der Waals surface area contributed by atoms with Crippen LogP contribution < -0.4 is 5.32 Å². The Labute approximate surface area is 130 Å². The molecule has 1 N–H and O–H groups in total. The van der Waals surface area contributed by atoms with E-state index in [1.165, 1.54) is 10.4 Å². The number of hydrogen-bond donors (Lipinski definition) is 1. The lowest BCUT2D eigenvalue weighted by Crippen LogP contribution is -2.16. The molecule has 0 spiro atoms. The molecule has 0 saturated heterocycles. The van der Waals surface area contributed by atoms with Crippen molar-refractivity contribution >= 4 is 59.1 Å². The van der Waals surface area contributed by atoms with Gasteiger partial charge in [0.25, 0.3) is 0 Å². The second kappa shape index (κ2) is 5.97. The van der Waals surface area contributed by atoms with Crippen LogP contribution in [0.3, 0.4) is 0 Å². The molecule has 1 unspecified atom stereocenters. The van der Waals surface area contributed by atoms with Crippen LogP contribution in [0.5, 0.6) is 0 Å². The van der Waals surface area contributed by atoms with Gasteiger partial charge in [-0.05, 0) is 58.9 Å². The molecule has 0 saturated carbocycles. The molecule has 2 rings (SSSR count). The maximum Gasteiger partial charge on any atom is 0.0702 e. The minimum atomic E-state index is 0.207. The third kappa shape index (κ3) is 3.20. The van der Waals surface area contributed by atoms with Crippen LogP contribution in [-0.4, -0.2) is 7.05 Å². The highest BCUT2D eigenvalue weighted by Crippen LogP contribution is 2.35. The SMILES string of the molecule is CNC(c1ccc(Br)s1)c1cc(Br)ccc1Br. The lowest BCUT2D eigenvalue weighted by Gasteiger charge is -2.17. The summed E-state index contributed by atoms with van der Waals surface area (Å²) in [4.78, 5) is 1.29. The van der Waals surface area contributed by atoms with Gasteiger partial charge in [0.15, 0.2) is 0 Å². The first-order chi connectivity index (χ1) is 8.11. The van der Waals surface area contributed by atoms with Crippen LogP contribution >= 0.6 is 59.1 Å². The van der Waals surface area contributed by atoms with Crippen molar-refractivity contribution in [3.63, 3.8) is 0 Å². The van der Waals surface area contributed by atoms with Crippen LogP contribution in [0.2, 0.25) is 0 Å². The largest absolute Gasteiger partial charge is 0.309 e. The summed E-state index contributed by atoms with van der Waals surface area (Å²) in [7, 11) is 1.98. The van der Waals surface area contributed by atoms with Gasteiger partial charge in [-0.1, -0.05) is 31.9 Å². The first-order valence-corrected chi connectivity index (χ1v) is 8.19. The van der Waals surface area contributed by atoms with Crippen molar-refractivity contribution in [2.75, 3.05) is 7.05 Å². The number of halogens is 3. The number of nitrogens with one attached hydrogen (secondary N) is 1. The van der Waals surface area contributed by atoms with Gasteiger partial charge in [0.2, 0.25) is 0 Å². The summed E-state index contributed by atoms with van der Waals surface area (Å²) in [5.41, 5.74) is 1.23. The molecule has 2 aromatic rings. The second-order valence-corrected chi connectivity index (χ2v) is 7.79. The van der Waals surface area contributed by atoms with Gasteiger partial charge in [-0.15, -0.1) is 11.3 Å². The third-order valence-corrected chi connectivity index (χ3v) is 5.34. The molecule has 0 aliphatic carbocycles. The molecule has 0 fully saturated rings. The summed E-state index contributed by atoms with van der Waals surface area (Å²) < 4.78 is 3.36. The van der Waals surface area contributed by atoms with Gasteiger partial charge in [-0.25, -0.2) is 0 Å². The maximum atomic E-state index is 3.61. The molecule has 0 aliphatic heterocycles. The second-order valence-electron chi connectivity index (χ2n) is 3.53. The van der Waals surface area contributed by atoms with E-state index in [0.29, 0.717) is 0 Å². The quantitative estimate of drug-likeness (QED) is 0.680. The van der Waals surface area contributed by atoms with Crippen LogP contribution in [0, 0.1) is 0 Å². The molecule has 0 radical (unpaired) electrons. The molecule has 1 aromatic carbocycles. The first kappa shape index (κ1) is 13.7. The van der Waals surface area contributed by atoms with E-state index in [1.807, 2.05) is 13.1 Å². The number of hydrogen-bond acceptors (Lipinski definition) is 2. The summed E-state index contributed by atoms with van der Waals surface area (Å²) in [6.45, 7) is 0. The molecule has 1 nitrogen and oxygen atoms in total. The van der Waals surface area contributed by atoms with E-state index in [0.717, 1.165) is 12.7 Å². The Morgan fingerprint density at radius 2 is 1.88 bits per heavy atom. The fraction of sp³-hybridized carbons (Fsp3) is 0.167. The summed E-state index contributed by atoms with van der Waals surface area (Å²) >= 11 is 12.4. The number of thiophene rings is 1. The van der Waals surface area contributed by atoms with Crippen molar-refractivity contribution in [1.29, 1.82) is 0 Å². The molecule has 5 heteroatoms. The minimum Gasteiger partial charge on any atom is -0.309 e. The smallest absolute Gasteiger partial charge is 0.0702 e. The zero-order valence-electron chi connectivity index (χ0n) is 9.01. The Kier molecular flexibility index (Phi) is 4.83. The lowest BCUT2D eigenvalue weighted by molar-refractivity contribution is 0.700. The molecule has 0 amide bonds.